The van der Waals surface area contributed by atoms with Gasteiger partial charge in [0.1, 0.15) is 30.5 Å². The molecular formula is C56H102O9. The van der Waals surface area contributed by atoms with Crippen molar-refractivity contribution in [2.45, 2.75) is 275 Å². The fourth-order valence-corrected chi connectivity index (χ4v) is 8.31. The average molecular weight is 919 g/mol. The van der Waals surface area contributed by atoms with Crippen LogP contribution in [-0.2, 0) is 23.7 Å². The van der Waals surface area contributed by atoms with Crippen molar-refractivity contribution < 1.29 is 44.2 Å². The molecule has 6 unspecified atom stereocenters. The van der Waals surface area contributed by atoms with Gasteiger partial charge < -0.3 is 39.4 Å². The van der Waals surface area contributed by atoms with Gasteiger partial charge in [0.2, 0.25) is 0 Å². The summed E-state index contributed by atoms with van der Waals surface area (Å²) in [5.41, 5.74) is 0. The molecule has 0 aromatic heterocycles. The predicted octanol–water partition coefficient (Wildman–Crippen LogP) is 13.6. The molecule has 0 aromatic rings. The lowest BCUT2D eigenvalue weighted by molar-refractivity contribution is -0.305. The Labute approximate surface area is 399 Å². The molecule has 0 saturated carbocycles. The number of esters is 1. The van der Waals surface area contributed by atoms with E-state index in [2.05, 4.69) is 62.5 Å². The maximum atomic E-state index is 12.9. The largest absolute Gasteiger partial charge is 0.457 e. The summed E-state index contributed by atoms with van der Waals surface area (Å²) in [6.45, 7) is 4.48. The zero-order valence-electron chi connectivity index (χ0n) is 42.0. The van der Waals surface area contributed by atoms with E-state index >= 15 is 0 Å². The zero-order chi connectivity index (χ0) is 47.1. The van der Waals surface area contributed by atoms with Crippen molar-refractivity contribution in [3.8, 4) is 0 Å². The van der Waals surface area contributed by atoms with Crippen molar-refractivity contribution in [3.63, 3.8) is 0 Å². The monoisotopic (exact) mass is 919 g/mol. The van der Waals surface area contributed by atoms with E-state index in [1.807, 2.05) is 0 Å². The molecule has 1 heterocycles. The highest BCUT2D eigenvalue weighted by atomic mass is 16.7. The van der Waals surface area contributed by atoms with E-state index in [1.54, 1.807) is 0 Å². The lowest BCUT2D eigenvalue weighted by Gasteiger charge is -2.39. The molecule has 9 nitrogen and oxygen atoms in total. The van der Waals surface area contributed by atoms with Crippen LogP contribution < -0.4 is 0 Å². The smallest absolute Gasteiger partial charge is 0.306 e. The summed E-state index contributed by atoms with van der Waals surface area (Å²) in [6.07, 6.45) is 52.9. The molecule has 1 saturated heterocycles. The van der Waals surface area contributed by atoms with Crippen LogP contribution in [0.15, 0.2) is 48.6 Å². The third-order valence-corrected chi connectivity index (χ3v) is 12.5. The summed E-state index contributed by atoms with van der Waals surface area (Å²) in [7, 11) is 0. The lowest BCUT2D eigenvalue weighted by Crippen LogP contribution is -2.59. The van der Waals surface area contributed by atoms with Gasteiger partial charge in [-0.15, -0.1) is 0 Å². The number of carbonyl (C=O) groups is 1. The summed E-state index contributed by atoms with van der Waals surface area (Å²) in [4.78, 5) is 12.9. The number of hydrogen-bond donors (Lipinski definition) is 4. The van der Waals surface area contributed by atoms with Crippen LogP contribution in [0.25, 0.3) is 0 Å². The Morgan fingerprint density at radius 2 is 0.938 bits per heavy atom. The van der Waals surface area contributed by atoms with Crippen molar-refractivity contribution in [1.29, 1.82) is 0 Å². The van der Waals surface area contributed by atoms with E-state index in [0.717, 1.165) is 64.2 Å². The Balaban J connectivity index is 2.18. The number of rotatable bonds is 47. The second kappa shape index (κ2) is 47.2. The highest BCUT2D eigenvalue weighted by molar-refractivity contribution is 5.69. The van der Waals surface area contributed by atoms with Crippen molar-refractivity contribution in [2.75, 3.05) is 26.4 Å². The Kier molecular flexibility index (Phi) is 44.4. The van der Waals surface area contributed by atoms with Crippen LogP contribution in [0, 0.1) is 0 Å². The van der Waals surface area contributed by atoms with Crippen LogP contribution in [0.4, 0.5) is 0 Å². The minimum Gasteiger partial charge on any atom is -0.457 e. The summed E-state index contributed by atoms with van der Waals surface area (Å²) in [6, 6.07) is 0. The van der Waals surface area contributed by atoms with Crippen LogP contribution in [0.3, 0.4) is 0 Å². The molecule has 0 amide bonds. The summed E-state index contributed by atoms with van der Waals surface area (Å²) >= 11 is 0. The fraction of sp³-hybridized carbons (Fsp3) is 0.839. The van der Waals surface area contributed by atoms with E-state index in [0.29, 0.717) is 13.0 Å². The van der Waals surface area contributed by atoms with E-state index in [-0.39, 0.29) is 19.2 Å². The topological polar surface area (TPSA) is 135 Å². The molecule has 4 N–H and O–H groups in total. The van der Waals surface area contributed by atoms with Gasteiger partial charge in [-0.25, -0.2) is 0 Å². The van der Waals surface area contributed by atoms with E-state index in [4.69, 9.17) is 18.9 Å². The number of hydrogen-bond acceptors (Lipinski definition) is 9. The molecule has 0 spiro atoms. The van der Waals surface area contributed by atoms with Gasteiger partial charge in [-0.1, -0.05) is 229 Å². The molecule has 9 heteroatoms. The first-order chi connectivity index (χ1) is 31.9. The van der Waals surface area contributed by atoms with Gasteiger partial charge in [0.25, 0.3) is 0 Å². The second-order valence-electron chi connectivity index (χ2n) is 18.7. The van der Waals surface area contributed by atoms with Crippen LogP contribution in [-0.4, -0.2) is 89.6 Å². The van der Waals surface area contributed by atoms with Crippen LogP contribution in [0.5, 0.6) is 0 Å². The minimum absolute atomic E-state index is 0.115. The molecule has 65 heavy (non-hydrogen) atoms. The average Bonchev–Trinajstić information content (AvgIpc) is 3.31. The third-order valence-electron chi connectivity index (χ3n) is 12.5. The summed E-state index contributed by atoms with van der Waals surface area (Å²) in [5.74, 6) is -0.319. The van der Waals surface area contributed by atoms with Crippen LogP contribution >= 0.6 is 0 Å². The number of aliphatic hydroxyl groups is 4. The molecule has 0 bridgehead atoms. The normalized spacial score (nSPS) is 19.8. The van der Waals surface area contributed by atoms with E-state index in [9.17, 15) is 25.2 Å². The Bertz CT molecular complexity index is 1140. The standard InChI is InChI=1S/C56H102O9/c1-3-5-7-9-11-13-15-17-19-21-23-25-27-29-31-33-35-37-39-41-43-45-52(58)64-50(49-63-56-55(61)54(60)53(59)51(47-57)65-56)48-62-46-44-42-40-38-36-34-32-30-28-26-24-22-20-18-16-14-12-10-8-6-4-2/h5,7,11,13,17,19,23,25,50-51,53-57,59-61H,3-4,6,8-10,12,14-16,18,20-22,24,26-49H2,1-2H3/b7-5-,13-11-,19-17-,25-23-. The molecule has 6 atom stereocenters. The van der Waals surface area contributed by atoms with Gasteiger partial charge >= 0.3 is 5.97 Å². The summed E-state index contributed by atoms with van der Waals surface area (Å²) < 4.78 is 22.9. The number of carbonyl (C=O) groups excluding carboxylic acids is 1. The minimum atomic E-state index is -1.54. The number of allylic oxidation sites excluding steroid dienone is 8. The SMILES string of the molecule is CC/C=C\C/C=C\C/C=C\C/C=C\CCCCCCCCCCC(=O)OC(COCCCCCCCCCCCCCCCCCCCCCCC)COC1OC(CO)C(O)C(O)C1O. The molecule has 1 aliphatic heterocycles. The first-order valence-electron chi connectivity index (χ1n) is 27.2. The van der Waals surface area contributed by atoms with Gasteiger partial charge in [-0.2, -0.15) is 0 Å². The van der Waals surface area contributed by atoms with Gasteiger partial charge in [-0.3, -0.25) is 4.79 Å². The molecule has 1 fully saturated rings. The molecule has 1 aliphatic rings. The van der Waals surface area contributed by atoms with E-state index < -0.39 is 43.4 Å². The molecule has 0 aromatic carbocycles. The maximum absolute atomic E-state index is 12.9. The summed E-state index contributed by atoms with van der Waals surface area (Å²) in [5, 5.41) is 40.3. The Hall–Kier alpha value is -1.85. The van der Waals surface area contributed by atoms with Crippen molar-refractivity contribution in [2.24, 2.45) is 0 Å². The number of aliphatic hydroxyl groups excluding tert-OH is 4. The van der Waals surface area contributed by atoms with Crippen LogP contribution in [0.1, 0.15) is 239 Å². The molecular weight excluding hydrogens is 817 g/mol. The Morgan fingerprint density at radius 3 is 1.42 bits per heavy atom. The highest BCUT2D eigenvalue weighted by Crippen LogP contribution is 2.23. The highest BCUT2D eigenvalue weighted by Gasteiger charge is 2.44. The first-order valence-corrected chi connectivity index (χ1v) is 27.2. The van der Waals surface area contributed by atoms with Gasteiger partial charge in [-0.05, 0) is 51.4 Å². The molecule has 1 rings (SSSR count). The molecule has 0 aliphatic carbocycles. The van der Waals surface area contributed by atoms with E-state index in [1.165, 1.54) is 154 Å². The van der Waals surface area contributed by atoms with Crippen LogP contribution in [0.2, 0.25) is 0 Å². The van der Waals surface area contributed by atoms with Gasteiger partial charge in [0, 0.05) is 13.0 Å². The zero-order valence-corrected chi connectivity index (χ0v) is 42.0. The quantitative estimate of drug-likeness (QED) is 0.0267. The van der Waals surface area contributed by atoms with Gasteiger partial charge in [0.15, 0.2) is 6.29 Å². The second-order valence-corrected chi connectivity index (χ2v) is 18.7. The molecule has 380 valence electrons. The van der Waals surface area contributed by atoms with Crippen molar-refractivity contribution in [3.05, 3.63) is 48.6 Å². The predicted molar refractivity (Wildman–Crippen MR) is 270 cm³/mol. The number of unbranched alkanes of at least 4 members (excludes halogenated alkanes) is 28. The van der Waals surface area contributed by atoms with Crippen molar-refractivity contribution >= 4 is 5.97 Å². The fourth-order valence-electron chi connectivity index (χ4n) is 8.31. The van der Waals surface area contributed by atoms with Gasteiger partial charge in [0.05, 0.1) is 19.8 Å². The first kappa shape index (κ1) is 61.2. The maximum Gasteiger partial charge on any atom is 0.306 e. The third kappa shape index (κ3) is 37.8. The lowest BCUT2D eigenvalue weighted by atomic mass is 9.99. The Morgan fingerprint density at radius 1 is 0.508 bits per heavy atom. The van der Waals surface area contributed by atoms with Crippen molar-refractivity contribution in [1.82, 2.24) is 0 Å². The molecule has 0 radical (unpaired) electrons. The number of ether oxygens (including phenoxy) is 4.